The average Bonchev–Trinajstić information content (AvgIpc) is 1.83. The minimum atomic E-state index is -2.62. The van der Waals surface area contributed by atoms with Crippen molar-refractivity contribution >= 4 is 20.5 Å². The lowest BCUT2D eigenvalue weighted by Gasteiger charge is -1.97. The van der Waals surface area contributed by atoms with E-state index < -0.39 is 33.1 Å². The van der Waals surface area contributed by atoms with Crippen molar-refractivity contribution in [1.82, 2.24) is 0 Å². The minimum absolute atomic E-state index is 0.755. The molecule has 0 bridgehead atoms. The smallest absolute Gasteiger partial charge is 0.333 e. The molecule has 0 fully saturated rings. The lowest BCUT2D eigenvalue weighted by atomic mass is 10.3. The number of aliphatic hydroxyl groups excluding tert-OH is 1. The van der Waals surface area contributed by atoms with Gasteiger partial charge in [-0.25, -0.2) is 4.79 Å². The summed E-state index contributed by atoms with van der Waals surface area (Å²) in [5.74, 6) is -2.85. The summed E-state index contributed by atoms with van der Waals surface area (Å²) < 4.78 is 0. The molecule has 6 N–H and O–H groups in total. The zero-order valence-electron chi connectivity index (χ0n) is 6.23. The van der Waals surface area contributed by atoms with Crippen molar-refractivity contribution in [3.05, 3.63) is 0 Å². The molecule has 0 amide bonds. The molecule has 0 radical (unpaired) electrons. The second-order valence-electron chi connectivity index (χ2n) is 1.72. The van der Waals surface area contributed by atoms with E-state index in [1.807, 2.05) is 0 Å². The number of aliphatic carboxylic acids is 2. The first-order chi connectivity index (χ1) is 5.77. The summed E-state index contributed by atoms with van der Waals surface area (Å²) in [5.41, 5.74) is 0. The van der Waals surface area contributed by atoms with Crippen LogP contribution in [0.5, 0.6) is 0 Å². The molecule has 8 nitrogen and oxygen atoms in total. The fourth-order valence-corrected chi connectivity index (χ4v) is 0.253. The Bertz CT molecular complexity index is 165. The maximum Gasteiger partial charge on any atom is 0.333 e. The zero-order valence-corrected chi connectivity index (χ0v) is 7.13. The van der Waals surface area contributed by atoms with Crippen LogP contribution in [0.3, 0.4) is 0 Å². The van der Waals surface area contributed by atoms with Gasteiger partial charge in [0.05, 0.1) is 6.42 Å². The molecule has 0 saturated carbocycles. The predicted molar refractivity (Wildman–Crippen MR) is 39.5 cm³/mol. The van der Waals surface area contributed by atoms with Crippen LogP contribution in [0.1, 0.15) is 6.42 Å². The van der Waals surface area contributed by atoms with Gasteiger partial charge in [0.1, 0.15) is 0 Å². The van der Waals surface area contributed by atoms with E-state index in [4.69, 9.17) is 30.0 Å². The summed E-state index contributed by atoms with van der Waals surface area (Å²) in [6, 6.07) is 0. The maximum atomic E-state index is 9.72. The molecule has 0 aliphatic heterocycles. The highest BCUT2D eigenvalue weighted by Crippen LogP contribution is 2.11. The molecule has 0 aromatic heterocycles. The Morgan fingerprint density at radius 1 is 1.15 bits per heavy atom. The molecule has 0 aromatic carbocycles. The number of hydrogen-bond donors (Lipinski definition) is 6. The Morgan fingerprint density at radius 3 is 1.54 bits per heavy atom. The zero-order chi connectivity index (χ0) is 11.0. The van der Waals surface area contributed by atoms with Gasteiger partial charge in [0.25, 0.3) is 0 Å². The van der Waals surface area contributed by atoms with Crippen LogP contribution in [-0.4, -0.2) is 48.0 Å². The molecular weight excluding hydrogens is 207 g/mol. The fraction of sp³-hybridized carbons (Fsp3) is 0.500. The largest absolute Gasteiger partial charge is 0.481 e. The summed E-state index contributed by atoms with van der Waals surface area (Å²) in [6.45, 7) is 0. The van der Waals surface area contributed by atoms with Gasteiger partial charge in [-0.15, -0.1) is 0 Å². The van der Waals surface area contributed by atoms with Gasteiger partial charge < -0.3 is 30.0 Å². The summed E-state index contributed by atoms with van der Waals surface area (Å²) in [7, 11) is -2.62. The Morgan fingerprint density at radius 2 is 1.46 bits per heavy atom. The highest BCUT2D eigenvalue weighted by molar-refractivity contribution is 7.38. The standard InChI is InChI=1S/C4H6O5.H3O3P/c5-2(4(8)9)1-3(6)7;1-4(2)3/h2,5H,1H2,(H,6,7)(H,8,9);1-3H. The number of rotatable bonds is 3. The van der Waals surface area contributed by atoms with E-state index in [9.17, 15) is 9.59 Å². The number of carboxylic acid groups (broad SMARTS) is 2. The third kappa shape index (κ3) is 18.3. The lowest BCUT2D eigenvalue weighted by Crippen LogP contribution is -2.22. The van der Waals surface area contributed by atoms with Gasteiger partial charge in [0.15, 0.2) is 6.10 Å². The van der Waals surface area contributed by atoms with Crippen LogP contribution in [0.2, 0.25) is 0 Å². The van der Waals surface area contributed by atoms with Crippen LogP contribution in [0, 0.1) is 0 Å². The van der Waals surface area contributed by atoms with Crippen molar-refractivity contribution in [2.75, 3.05) is 0 Å². The Labute approximate surface area is 73.7 Å². The molecule has 13 heavy (non-hydrogen) atoms. The molecule has 0 saturated heterocycles. The topological polar surface area (TPSA) is 156 Å². The predicted octanol–water partition coefficient (Wildman–Crippen LogP) is -1.90. The van der Waals surface area contributed by atoms with Crippen LogP contribution in [0.25, 0.3) is 0 Å². The molecule has 0 aliphatic rings. The van der Waals surface area contributed by atoms with Crippen LogP contribution in [0.4, 0.5) is 0 Å². The van der Waals surface area contributed by atoms with Crippen LogP contribution < -0.4 is 0 Å². The molecule has 78 valence electrons. The van der Waals surface area contributed by atoms with E-state index in [1.54, 1.807) is 0 Å². The van der Waals surface area contributed by atoms with E-state index in [0.717, 1.165) is 0 Å². The third-order valence-corrected chi connectivity index (χ3v) is 0.653. The van der Waals surface area contributed by atoms with Crippen molar-refractivity contribution in [2.24, 2.45) is 0 Å². The molecule has 0 spiro atoms. The van der Waals surface area contributed by atoms with Crippen LogP contribution >= 0.6 is 8.60 Å². The SMILES string of the molecule is O=C(O)CC(O)C(=O)O.OP(O)O. The summed E-state index contributed by atoms with van der Waals surface area (Å²) in [5, 5.41) is 24.1. The van der Waals surface area contributed by atoms with E-state index in [-0.39, 0.29) is 0 Å². The van der Waals surface area contributed by atoms with Gasteiger partial charge in [-0.2, -0.15) is 0 Å². The van der Waals surface area contributed by atoms with Crippen molar-refractivity contribution < 1.29 is 39.6 Å². The van der Waals surface area contributed by atoms with E-state index >= 15 is 0 Å². The van der Waals surface area contributed by atoms with E-state index in [0.29, 0.717) is 0 Å². The molecular formula is C4H9O8P. The quantitative estimate of drug-likeness (QED) is 0.298. The van der Waals surface area contributed by atoms with Gasteiger partial charge in [0.2, 0.25) is 0 Å². The van der Waals surface area contributed by atoms with Crippen LogP contribution in [0.15, 0.2) is 0 Å². The first-order valence-corrected chi connectivity index (χ1v) is 3.96. The molecule has 9 heteroatoms. The second-order valence-corrected chi connectivity index (χ2v) is 2.26. The first kappa shape index (κ1) is 14.7. The van der Waals surface area contributed by atoms with E-state index in [1.165, 1.54) is 0 Å². The van der Waals surface area contributed by atoms with Gasteiger partial charge >= 0.3 is 20.5 Å². The molecule has 0 aliphatic carbocycles. The second kappa shape index (κ2) is 7.84. The van der Waals surface area contributed by atoms with Crippen molar-refractivity contribution in [3.8, 4) is 0 Å². The third-order valence-electron chi connectivity index (χ3n) is 0.653. The molecule has 0 aromatic rings. The average molecular weight is 216 g/mol. The normalized spacial score (nSPS) is 11.5. The van der Waals surface area contributed by atoms with Crippen molar-refractivity contribution in [2.45, 2.75) is 12.5 Å². The Balaban J connectivity index is 0. The Hall–Kier alpha value is -0.790. The first-order valence-electron chi connectivity index (χ1n) is 2.76. The maximum absolute atomic E-state index is 9.72. The van der Waals surface area contributed by atoms with Crippen molar-refractivity contribution in [1.29, 1.82) is 0 Å². The van der Waals surface area contributed by atoms with Gasteiger partial charge in [-0.3, -0.25) is 4.79 Å². The number of aliphatic hydroxyl groups is 1. The van der Waals surface area contributed by atoms with Gasteiger partial charge in [0, 0.05) is 0 Å². The highest BCUT2D eigenvalue weighted by Gasteiger charge is 2.16. The summed E-state index contributed by atoms with van der Waals surface area (Å²) in [4.78, 5) is 41.1. The minimum Gasteiger partial charge on any atom is -0.481 e. The van der Waals surface area contributed by atoms with E-state index in [2.05, 4.69) is 0 Å². The van der Waals surface area contributed by atoms with Crippen molar-refractivity contribution in [3.63, 3.8) is 0 Å². The number of carboxylic acids is 2. The summed E-state index contributed by atoms with van der Waals surface area (Å²) >= 11 is 0. The monoisotopic (exact) mass is 216 g/mol. The molecule has 0 rings (SSSR count). The molecule has 0 heterocycles. The Kier molecular flexibility index (Phi) is 8.87. The molecule has 1 atom stereocenters. The number of carbonyl (C=O) groups is 2. The number of hydrogen-bond acceptors (Lipinski definition) is 6. The lowest BCUT2D eigenvalue weighted by molar-refractivity contribution is -0.152. The fourth-order valence-electron chi connectivity index (χ4n) is 0.253. The summed E-state index contributed by atoms with van der Waals surface area (Å²) in [6.07, 6.45) is -2.54. The van der Waals surface area contributed by atoms with Gasteiger partial charge in [-0.1, -0.05) is 0 Å². The van der Waals surface area contributed by atoms with Gasteiger partial charge in [-0.05, 0) is 0 Å². The highest BCUT2D eigenvalue weighted by atomic mass is 31.2. The van der Waals surface area contributed by atoms with Crippen LogP contribution in [-0.2, 0) is 9.59 Å². The molecule has 1 unspecified atom stereocenters.